The molecule has 1 N–H and O–H groups in total. The number of amides is 2. The van der Waals surface area contributed by atoms with E-state index in [1.54, 1.807) is 37.3 Å². The Morgan fingerprint density at radius 2 is 1.55 bits per heavy atom. The van der Waals surface area contributed by atoms with Gasteiger partial charge in [0, 0.05) is 17.1 Å². The lowest BCUT2D eigenvalue weighted by Gasteiger charge is -2.32. The van der Waals surface area contributed by atoms with Crippen LogP contribution in [-0.2, 0) is 26.2 Å². The summed E-state index contributed by atoms with van der Waals surface area (Å²) in [5.41, 5.74) is 1.04. The molecule has 7 nitrogen and oxygen atoms in total. The summed E-state index contributed by atoms with van der Waals surface area (Å²) in [6.45, 7) is 4.98. The zero-order valence-corrected chi connectivity index (χ0v) is 23.9. The SMILES string of the molecule is CCC(C)NC(=O)C(C)N(Cc1ccc(Br)cc1)C(=O)CN(c1ccccc1)S(=O)(=O)c1ccc(F)cc1. The number of benzene rings is 3. The normalized spacial score (nSPS) is 12.9. The van der Waals surface area contributed by atoms with Crippen molar-refractivity contribution in [3.05, 3.63) is 94.7 Å². The Kier molecular flexibility index (Phi) is 10.0. The average Bonchev–Trinajstić information content (AvgIpc) is 2.91. The fourth-order valence-corrected chi connectivity index (χ4v) is 5.37. The number of para-hydroxylation sites is 1. The number of rotatable bonds is 11. The smallest absolute Gasteiger partial charge is 0.264 e. The summed E-state index contributed by atoms with van der Waals surface area (Å²) >= 11 is 3.39. The molecule has 0 aromatic heterocycles. The van der Waals surface area contributed by atoms with E-state index in [4.69, 9.17) is 0 Å². The number of nitrogens with one attached hydrogen (secondary N) is 1. The number of anilines is 1. The van der Waals surface area contributed by atoms with Crippen LogP contribution in [0.15, 0.2) is 88.2 Å². The van der Waals surface area contributed by atoms with Crippen molar-refractivity contribution in [1.82, 2.24) is 10.2 Å². The standard InChI is InChI=1S/C28H31BrFN3O4S/c1-4-20(2)31-28(35)21(3)32(18-22-10-12-23(29)13-11-22)27(34)19-33(25-8-6-5-7-9-25)38(36,37)26-16-14-24(30)15-17-26/h5-17,20-21H,4,18-19H2,1-3H3,(H,31,35). The highest BCUT2D eigenvalue weighted by Gasteiger charge is 2.32. The Balaban J connectivity index is 1.99. The van der Waals surface area contributed by atoms with E-state index in [0.29, 0.717) is 0 Å². The van der Waals surface area contributed by atoms with Crippen molar-refractivity contribution in [1.29, 1.82) is 0 Å². The van der Waals surface area contributed by atoms with E-state index < -0.39 is 34.3 Å². The van der Waals surface area contributed by atoms with Gasteiger partial charge in [0.15, 0.2) is 0 Å². The molecule has 0 saturated carbocycles. The molecular formula is C28H31BrFN3O4S. The summed E-state index contributed by atoms with van der Waals surface area (Å²) in [6.07, 6.45) is 0.719. The summed E-state index contributed by atoms with van der Waals surface area (Å²) in [4.78, 5) is 28.0. The molecule has 0 bridgehead atoms. The van der Waals surface area contributed by atoms with Crippen LogP contribution in [0.2, 0.25) is 0 Å². The predicted octanol–water partition coefficient (Wildman–Crippen LogP) is 5.12. The fraction of sp³-hybridized carbons (Fsp3) is 0.286. The molecule has 0 aliphatic heterocycles. The van der Waals surface area contributed by atoms with Gasteiger partial charge in [-0.25, -0.2) is 12.8 Å². The molecule has 0 fully saturated rings. The molecule has 3 rings (SSSR count). The van der Waals surface area contributed by atoms with Crippen molar-refractivity contribution in [2.45, 2.75) is 50.7 Å². The lowest BCUT2D eigenvalue weighted by Crippen LogP contribution is -2.52. The van der Waals surface area contributed by atoms with Gasteiger partial charge >= 0.3 is 0 Å². The lowest BCUT2D eigenvalue weighted by atomic mass is 10.1. The minimum atomic E-state index is -4.23. The first-order valence-electron chi connectivity index (χ1n) is 12.2. The average molecular weight is 605 g/mol. The van der Waals surface area contributed by atoms with E-state index in [-0.39, 0.29) is 29.1 Å². The Morgan fingerprint density at radius 1 is 0.947 bits per heavy atom. The van der Waals surface area contributed by atoms with Gasteiger partial charge in [-0.1, -0.05) is 53.2 Å². The first-order chi connectivity index (χ1) is 18.0. The molecule has 2 atom stereocenters. The van der Waals surface area contributed by atoms with Crippen LogP contribution in [0.4, 0.5) is 10.1 Å². The molecule has 0 spiro atoms. The van der Waals surface area contributed by atoms with Crippen LogP contribution in [0.1, 0.15) is 32.8 Å². The van der Waals surface area contributed by atoms with Gasteiger partial charge < -0.3 is 10.2 Å². The van der Waals surface area contributed by atoms with Crippen LogP contribution in [-0.4, -0.2) is 43.8 Å². The molecule has 2 amide bonds. The molecular weight excluding hydrogens is 573 g/mol. The Labute approximate surface area is 231 Å². The first-order valence-corrected chi connectivity index (χ1v) is 14.4. The second-order valence-corrected chi connectivity index (χ2v) is 11.7. The van der Waals surface area contributed by atoms with Crippen molar-refractivity contribution in [2.75, 3.05) is 10.8 Å². The van der Waals surface area contributed by atoms with Gasteiger partial charge in [0.1, 0.15) is 18.4 Å². The molecule has 0 radical (unpaired) electrons. The monoisotopic (exact) mass is 603 g/mol. The van der Waals surface area contributed by atoms with Crippen LogP contribution in [0.5, 0.6) is 0 Å². The van der Waals surface area contributed by atoms with Crippen molar-refractivity contribution >= 4 is 43.5 Å². The number of carbonyl (C=O) groups excluding carboxylic acids is 2. The number of sulfonamides is 1. The summed E-state index contributed by atoms with van der Waals surface area (Å²) < 4.78 is 42.6. The quantitative estimate of drug-likeness (QED) is 0.330. The molecule has 202 valence electrons. The van der Waals surface area contributed by atoms with Crippen molar-refractivity contribution in [3.8, 4) is 0 Å². The molecule has 0 heterocycles. The van der Waals surface area contributed by atoms with E-state index >= 15 is 0 Å². The highest BCUT2D eigenvalue weighted by atomic mass is 79.9. The maximum atomic E-state index is 13.8. The van der Waals surface area contributed by atoms with Gasteiger partial charge in [0.25, 0.3) is 10.0 Å². The highest BCUT2D eigenvalue weighted by molar-refractivity contribution is 9.10. The summed E-state index contributed by atoms with van der Waals surface area (Å²) in [5, 5.41) is 2.90. The zero-order valence-electron chi connectivity index (χ0n) is 21.5. The van der Waals surface area contributed by atoms with Crippen LogP contribution in [0.25, 0.3) is 0 Å². The van der Waals surface area contributed by atoms with Crippen LogP contribution in [0.3, 0.4) is 0 Å². The molecule has 0 saturated heterocycles. The Morgan fingerprint density at radius 3 is 2.13 bits per heavy atom. The van der Waals surface area contributed by atoms with Gasteiger partial charge in [-0.05, 0) is 74.4 Å². The third-order valence-corrected chi connectivity index (χ3v) is 8.48. The zero-order chi connectivity index (χ0) is 27.9. The number of hydrogen-bond donors (Lipinski definition) is 1. The summed E-state index contributed by atoms with van der Waals surface area (Å²) in [6, 6.07) is 19.0. The minimum Gasteiger partial charge on any atom is -0.352 e. The maximum Gasteiger partial charge on any atom is 0.264 e. The Hall–Kier alpha value is -3.24. The topological polar surface area (TPSA) is 86.8 Å². The number of halogens is 2. The molecule has 0 aliphatic rings. The van der Waals surface area contributed by atoms with Gasteiger partial charge in [0.2, 0.25) is 11.8 Å². The van der Waals surface area contributed by atoms with Gasteiger partial charge in [-0.3, -0.25) is 13.9 Å². The van der Waals surface area contributed by atoms with Crippen molar-refractivity contribution in [2.24, 2.45) is 0 Å². The lowest BCUT2D eigenvalue weighted by molar-refractivity contribution is -0.139. The van der Waals surface area contributed by atoms with Crippen LogP contribution < -0.4 is 9.62 Å². The summed E-state index contributed by atoms with van der Waals surface area (Å²) in [7, 11) is -4.23. The molecule has 10 heteroatoms. The van der Waals surface area contributed by atoms with Crippen LogP contribution >= 0.6 is 15.9 Å². The van der Waals surface area contributed by atoms with Crippen molar-refractivity contribution in [3.63, 3.8) is 0 Å². The van der Waals surface area contributed by atoms with Crippen molar-refractivity contribution < 1.29 is 22.4 Å². The largest absolute Gasteiger partial charge is 0.352 e. The van der Waals surface area contributed by atoms with E-state index in [1.807, 2.05) is 38.1 Å². The van der Waals surface area contributed by atoms with E-state index in [0.717, 1.165) is 45.0 Å². The van der Waals surface area contributed by atoms with Gasteiger partial charge in [-0.2, -0.15) is 0 Å². The summed E-state index contributed by atoms with van der Waals surface area (Å²) in [5.74, 6) is -1.47. The second-order valence-electron chi connectivity index (χ2n) is 8.94. The van der Waals surface area contributed by atoms with Crippen LogP contribution in [0, 0.1) is 5.82 Å². The first kappa shape index (κ1) is 29.3. The molecule has 38 heavy (non-hydrogen) atoms. The third-order valence-electron chi connectivity index (χ3n) is 6.16. The number of nitrogens with zero attached hydrogens (tertiary/aromatic N) is 2. The van der Waals surface area contributed by atoms with E-state index in [2.05, 4.69) is 21.2 Å². The Bertz CT molecular complexity index is 1340. The fourth-order valence-electron chi connectivity index (χ4n) is 3.69. The number of carbonyl (C=O) groups is 2. The maximum absolute atomic E-state index is 13.8. The minimum absolute atomic E-state index is 0.0887. The molecule has 0 aliphatic carbocycles. The molecule has 3 aromatic rings. The predicted molar refractivity (Wildman–Crippen MR) is 149 cm³/mol. The van der Waals surface area contributed by atoms with Gasteiger partial charge in [0.05, 0.1) is 10.6 Å². The van der Waals surface area contributed by atoms with E-state index in [1.165, 1.54) is 4.90 Å². The second kappa shape index (κ2) is 13.0. The third kappa shape index (κ3) is 7.41. The highest BCUT2D eigenvalue weighted by Crippen LogP contribution is 2.25. The van der Waals surface area contributed by atoms with Gasteiger partial charge in [-0.15, -0.1) is 0 Å². The number of hydrogen-bond acceptors (Lipinski definition) is 4. The molecule has 2 unspecified atom stereocenters. The molecule has 3 aromatic carbocycles. The van der Waals surface area contributed by atoms with E-state index in [9.17, 15) is 22.4 Å².